The van der Waals surface area contributed by atoms with Crippen molar-refractivity contribution in [2.75, 3.05) is 26.2 Å². The highest BCUT2D eigenvalue weighted by molar-refractivity contribution is 5.78. The van der Waals surface area contributed by atoms with Crippen molar-refractivity contribution in [2.24, 2.45) is 11.8 Å². The Bertz CT molecular complexity index is 677. The van der Waals surface area contributed by atoms with Gasteiger partial charge in [-0.15, -0.1) is 0 Å². The van der Waals surface area contributed by atoms with E-state index in [4.69, 9.17) is 0 Å². The Labute approximate surface area is 162 Å². The third kappa shape index (κ3) is 4.03. The van der Waals surface area contributed by atoms with Crippen LogP contribution in [0.5, 0.6) is 0 Å². The van der Waals surface area contributed by atoms with Gasteiger partial charge in [-0.3, -0.25) is 9.59 Å². The average Bonchev–Trinajstić information content (AvgIpc) is 2.67. The summed E-state index contributed by atoms with van der Waals surface area (Å²) in [6.45, 7) is 5.37. The molecule has 0 saturated carbocycles. The number of likely N-dealkylation sites (tertiary alicyclic amines) is 1. The molecule has 1 aromatic rings. The molecule has 1 aromatic carbocycles. The number of carbonyl (C=O) groups is 2. The highest BCUT2D eigenvalue weighted by Gasteiger charge is 2.49. The first-order valence-corrected chi connectivity index (χ1v) is 10.4. The van der Waals surface area contributed by atoms with E-state index in [0.29, 0.717) is 36.8 Å². The first-order chi connectivity index (χ1) is 13.1. The maximum Gasteiger partial charge on any atom is 0.223 e. The minimum atomic E-state index is -0.00475. The number of amides is 2. The van der Waals surface area contributed by atoms with Crippen molar-refractivity contribution < 1.29 is 9.59 Å². The van der Waals surface area contributed by atoms with Gasteiger partial charge in [0.15, 0.2) is 0 Å². The molecule has 4 atom stereocenters. The molecule has 0 spiro atoms. The molecule has 3 heterocycles. The van der Waals surface area contributed by atoms with Crippen LogP contribution in [0.4, 0.5) is 0 Å². The normalized spacial score (nSPS) is 30.7. The molecule has 2 amide bonds. The maximum absolute atomic E-state index is 12.7. The highest BCUT2D eigenvalue weighted by Crippen LogP contribution is 2.41. The van der Waals surface area contributed by atoms with Gasteiger partial charge in [0, 0.05) is 45.6 Å². The standard InChI is InChI=1S/C22H31N3O2/c1-16(26)23-13-21-19-12-18(20-8-5-9-22(27)25(20)21)14-24(15-19)11-10-17-6-3-2-4-7-17/h2-4,6-7,18-21H,5,8-15H2,1H3,(H,23,26)/t18-,19+,20+,21+/m1/s1. The number of piperidine rings is 3. The van der Waals surface area contributed by atoms with Crippen LogP contribution >= 0.6 is 0 Å². The summed E-state index contributed by atoms with van der Waals surface area (Å²) in [7, 11) is 0. The van der Waals surface area contributed by atoms with Crippen LogP contribution in [-0.2, 0) is 16.0 Å². The van der Waals surface area contributed by atoms with E-state index in [9.17, 15) is 9.59 Å². The molecule has 5 heteroatoms. The van der Waals surface area contributed by atoms with Gasteiger partial charge in [0.1, 0.15) is 0 Å². The zero-order chi connectivity index (χ0) is 18.8. The van der Waals surface area contributed by atoms with Gasteiger partial charge in [-0.05, 0) is 43.1 Å². The molecule has 3 saturated heterocycles. The van der Waals surface area contributed by atoms with Gasteiger partial charge in [-0.25, -0.2) is 0 Å². The van der Waals surface area contributed by atoms with Crippen molar-refractivity contribution in [1.82, 2.24) is 15.1 Å². The Morgan fingerprint density at radius 1 is 1.19 bits per heavy atom. The molecule has 146 valence electrons. The van der Waals surface area contributed by atoms with Gasteiger partial charge < -0.3 is 15.1 Å². The number of fused-ring (bicyclic) bond motifs is 4. The number of nitrogens with zero attached hydrogens (tertiary/aromatic N) is 2. The first-order valence-electron chi connectivity index (χ1n) is 10.4. The van der Waals surface area contributed by atoms with Crippen molar-refractivity contribution in [1.29, 1.82) is 0 Å². The lowest BCUT2D eigenvalue weighted by Crippen LogP contribution is -2.67. The van der Waals surface area contributed by atoms with Crippen molar-refractivity contribution in [3.8, 4) is 0 Å². The zero-order valence-corrected chi connectivity index (χ0v) is 16.3. The summed E-state index contributed by atoms with van der Waals surface area (Å²) in [5.74, 6) is 1.34. The lowest BCUT2D eigenvalue weighted by molar-refractivity contribution is -0.153. The summed E-state index contributed by atoms with van der Waals surface area (Å²) in [5.41, 5.74) is 1.39. The van der Waals surface area contributed by atoms with Crippen LogP contribution < -0.4 is 5.32 Å². The Morgan fingerprint density at radius 3 is 2.74 bits per heavy atom. The van der Waals surface area contributed by atoms with Crippen LogP contribution in [0.25, 0.3) is 0 Å². The van der Waals surface area contributed by atoms with Crippen molar-refractivity contribution >= 4 is 11.8 Å². The molecule has 3 aliphatic heterocycles. The van der Waals surface area contributed by atoms with Gasteiger partial charge in [-0.1, -0.05) is 30.3 Å². The molecule has 4 rings (SSSR count). The lowest BCUT2D eigenvalue weighted by atomic mass is 9.72. The summed E-state index contributed by atoms with van der Waals surface area (Å²) in [4.78, 5) is 29.0. The van der Waals surface area contributed by atoms with Crippen LogP contribution in [0.15, 0.2) is 30.3 Å². The number of carbonyl (C=O) groups excluding carboxylic acids is 2. The van der Waals surface area contributed by atoms with Gasteiger partial charge >= 0.3 is 0 Å². The molecule has 27 heavy (non-hydrogen) atoms. The van der Waals surface area contributed by atoms with Gasteiger partial charge in [-0.2, -0.15) is 0 Å². The molecule has 5 nitrogen and oxygen atoms in total. The fourth-order valence-electron chi connectivity index (χ4n) is 5.50. The molecular formula is C22H31N3O2. The number of hydrogen-bond donors (Lipinski definition) is 1. The number of rotatable bonds is 5. The average molecular weight is 370 g/mol. The highest BCUT2D eigenvalue weighted by atomic mass is 16.2. The monoisotopic (exact) mass is 369 g/mol. The quantitative estimate of drug-likeness (QED) is 0.864. The molecule has 0 aromatic heterocycles. The first kappa shape index (κ1) is 18.5. The molecule has 0 aliphatic carbocycles. The van der Waals surface area contributed by atoms with Crippen LogP contribution in [0.2, 0.25) is 0 Å². The van der Waals surface area contributed by atoms with Crippen LogP contribution in [-0.4, -0.2) is 59.9 Å². The summed E-state index contributed by atoms with van der Waals surface area (Å²) in [6.07, 6.45) is 5.07. The summed E-state index contributed by atoms with van der Waals surface area (Å²) in [6, 6.07) is 11.2. The predicted molar refractivity (Wildman–Crippen MR) is 105 cm³/mol. The third-order valence-electron chi connectivity index (χ3n) is 6.69. The van der Waals surface area contributed by atoms with Crippen LogP contribution in [0.1, 0.15) is 38.2 Å². The second-order valence-electron chi connectivity index (χ2n) is 8.52. The third-order valence-corrected chi connectivity index (χ3v) is 6.69. The Hall–Kier alpha value is -1.88. The van der Waals surface area contributed by atoms with E-state index < -0.39 is 0 Å². The summed E-state index contributed by atoms with van der Waals surface area (Å²) >= 11 is 0. The Morgan fingerprint density at radius 2 is 1.96 bits per heavy atom. The van der Waals surface area contributed by atoms with Crippen molar-refractivity contribution in [3.63, 3.8) is 0 Å². The van der Waals surface area contributed by atoms with Gasteiger partial charge in [0.25, 0.3) is 0 Å². The van der Waals surface area contributed by atoms with E-state index in [1.165, 1.54) is 12.0 Å². The minimum Gasteiger partial charge on any atom is -0.354 e. The van der Waals surface area contributed by atoms with E-state index in [0.717, 1.165) is 38.9 Å². The van der Waals surface area contributed by atoms with Gasteiger partial charge in [0.05, 0.1) is 6.04 Å². The predicted octanol–water partition coefficient (Wildman–Crippen LogP) is 2.07. The molecule has 3 aliphatic rings. The summed E-state index contributed by atoms with van der Waals surface area (Å²) in [5, 5.41) is 2.99. The van der Waals surface area contributed by atoms with E-state index in [1.54, 1.807) is 6.92 Å². The SMILES string of the molecule is CC(=O)NC[C@H]1[C@H]2C[C@H](CN(CCc3ccccc3)C2)[C@@H]2CCCC(=O)N21. The van der Waals surface area contributed by atoms with Gasteiger partial charge in [0.2, 0.25) is 11.8 Å². The van der Waals surface area contributed by atoms with E-state index in [2.05, 4.69) is 45.4 Å². The molecule has 0 radical (unpaired) electrons. The second kappa shape index (κ2) is 8.01. The second-order valence-corrected chi connectivity index (χ2v) is 8.52. The molecule has 2 bridgehead atoms. The lowest BCUT2D eigenvalue weighted by Gasteiger charge is -2.56. The number of nitrogens with one attached hydrogen (secondary N) is 1. The largest absolute Gasteiger partial charge is 0.354 e. The van der Waals surface area contributed by atoms with E-state index in [-0.39, 0.29) is 11.9 Å². The Balaban J connectivity index is 1.47. The Kier molecular flexibility index (Phi) is 5.48. The minimum absolute atomic E-state index is 0.00475. The molecule has 1 N–H and O–H groups in total. The van der Waals surface area contributed by atoms with Crippen molar-refractivity contribution in [2.45, 2.75) is 51.1 Å². The molecular weight excluding hydrogens is 338 g/mol. The number of benzene rings is 1. The smallest absolute Gasteiger partial charge is 0.223 e. The molecule has 3 fully saturated rings. The van der Waals surface area contributed by atoms with Crippen LogP contribution in [0, 0.1) is 11.8 Å². The van der Waals surface area contributed by atoms with Crippen molar-refractivity contribution in [3.05, 3.63) is 35.9 Å². The zero-order valence-electron chi connectivity index (χ0n) is 16.3. The summed E-state index contributed by atoms with van der Waals surface area (Å²) < 4.78 is 0. The topological polar surface area (TPSA) is 52.7 Å². The molecule has 0 unspecified atom stereocenters. The van der Waals surface area contributed by atoms with E-state index in [1.807, 2.05) is 0 Å². The maximum atomic E-state index is 12.7. The fraction of sp³-hybridized carbons (Fsp3) is 0.636. The van der Waals surface area contributed by atoms with E-state index >= 15 is 0 Å². The number of hydrogen-bond acceptors (Lipinski definition) is 3. The van der Waals surface area contributed by atoms with Crippen LogP contribution in [0.3, 0.4) is 0 Å². The fourth-order valence-corrected chi connectivity index (χ4v) is 5.50.